The summed E-state index contributed by atoms with van der Waals surface area (Å²) in [4.78, 5) is 16.2. The topological polar surface area (TPSA) is 23.6 Å². The molecule has 1 heterocycles. The van der Waals surface area contributed by atoms with Gasteiger partial charge >= 0.3 is 0 Å². The lowest BCUT2D eigenvalue weighted by Crippen LogP contribution is -2.51. The summed E-state index contributed by atoms with van der Waals surface area (Å²) in [6.45, 7) is 7.71. The maximum absolute atomic E-state index is 12.1. The van der Waals surface area contributed by atoms with Crippen LogP contribution in [0.4, 0.5) is 5.69 Å². The number of rotatable bonds is 3. The van der Waals surface area contributed by atoms with Crippen LogP contribution < -0.4 is 4.90 Å². The molecule has 0 spiro atoms. The van der Waals surface area contributed by atoms with Crippen molar-refractivity contribution < 1.29 is 4.79 Å². The van der Waals surface area contributed by atoms with Crippen molar-refractivity contribution in [2.45, 2.75) is 13.8 Å². The minimum absolute atomic E-state index is 0.211. The van der Waals surface area contributed by atoms with Crippen molar-refractivity contribution in [1.82, 2.24) is 4.90 Å². The molecule has 0 saturated carbocycles. The molecule has 0 radical (unpaired) electrons. The van der Waals surface area contributed by atoms with E-state index in [0.29, 0.717) is 12.5 Å². The molecule has 1 aliphatic rings. The van der Waals surface area contributed by atoms with Crippen molar-refractivity contribution in [3.8, 4) is 0 Å². The number of carbonyl (C=O) groups is 1. The molecule has 1 aromatic carbocycles. The number of para-hydroxylation sites is 1. The predicted octanol–water partition coefficient (Wildman–Crippen LogP) is 1.99. The van der Waals surface area contributed by atoms with Gasteiger partial charge in [-0.25, -0.2) is 0 Å². The predicted molar refractivity (Wildman–Crippen MR) is 70.1 cm³/mol. The van der Waals surface area contributed by atoms with Gasteiger partial charge in [-0.2, -0.15) is 0 Å². The Kier molecular flexibility index (Phi) is 3.79. The number of benzene rings is 1. The third-order valence-electron chi connectivity index (χ3n) is 2.99. The number of carbonyl (C=O) groups excluding carboxylic acids is 1. The molecule has 0 atom stereocenters. The first kappa shape index (κ1) is 12.1. The van der Waals surface area contributed by atoms with E-state index < -0.39 is 0 Å². The molecule has 1 saturated heterocycles. The summed E-state index contributed by atoms with van der Waals surface area (Å²) in [5, 5.41) is 0. The molecule has 0 unspecified atom stereocenters. The van der Waals surface area contributed by atoms with E-state index in [4.69, 9.17) is 0 Å². The lowest BCUT2D eigenvalue weighted by molar-refractivity contribution is -0.121. The van der Waals surface area contributed by atoms with Crippen LogP contribution in [0.1, 0.15) is 13.8 Å². The summed E-state index contributed by atoms with van der Waals surface area (Å²) in [7, 11) is 0. The summed E-state index contributed by atoms with van der Waals surface area (Å²) in [6.07, 6.45) is 0. The molecule has 0 N–H and O–H groups in total. The Bertz CT molecular complexity index is 375. The number of hydrogen-bond donors (Lipinski definition) is 0. The summed E-state index contributed by atoms with van der Waals surface area (Å²) >= 11 is 0. The summed E-state index contributed by atoms with van der Waals surface area (Å²) < 4.78 is 0. The highest BCUT2D eigenvalue weighted by atomic mass is 16.2. The van der Waals surface area contributed by atoms with Crippen LogP contribution in [0, 0.1) is 5.92 Å². The van der Waals surface area contributed by atoms with Gasteiger partial charge in [-0.1, -0.05) is 32.0 Å². The zero-order chi connectivity index (χ0) is 12.3. The lowest BCUT2D eigenvalue weighted by atomic mass is 10.1. The molecule has 3 heteroatoms. The fourth-order valence-electron chi connectivity index (χ4n) is 2.28. The molecule has 92 valence electrons. The standard InChI is InChI=1S/C14H20N2O/c1-12(2)10-15-8-9-16(14(17)11-15)13-6-4-3-5-7-13/h3-7,12H,8-11H2,1-2H3. The van der Waals surface area contributed by atoms with Gasteiger partial charge < -0.3 is 4.90 Å². The van der Waals surface area contributed by atoms with Crippen LogP contribution in [0.5, 0.6) is 0 Å². The van der Waals surface area contributed by atoms with E-state index in [1.54, 1.807) is 0 Å². The highest BCUT2D eigenvalue weighted by molar-refractivity contribution is 5.95. The number of amides is 1. The molecule has 17 heavy (non-hydrogen) atoms. The Morgan fingerprint density at radius 2 is 1.88 bits per heavy atom. The van der Waals surface area contributed by atoms with E-state index in [2.05, 4.69) is 18.7 Å². The van der Waals surface area contributed by atoms with E-state index in [0.717, 1.165) is 25.3 Å². The summed E-state index contributed by atoms with van der Waals surface area (Å²) in [5.74, 6) is 0.828. The highest BCUT2D eigenvalue weighted by Crippen LogP contribution is 2.16. The molecule has 3 nitrogen and oxygen atoms in total. The van der Waals surface area contributed by atoms with Crippen LogP contribution in [0.3, 0.4) is 0 Å². The molecule has 1 amide bonds. The second kappa shape index (κ2) is 5.32. The maximum Gasteiger partial charge on any atom is 0.241 e. The van der Waals surface area contributed by atoms with Crippen LogP contribution in [-0.4, -0.2) is 37.0 Å². The van der Waals surface area contributed by atoms with Gasteiger partial charge in [-0.05, 0) is 18.1 Å². The summed E-state index contributed by atoms with van der Waals surface area (Å²) in [6, 6.07) is 9.92. The summed E-state index contributed by atoms with van der Waals surface area (Å²) in [5.41, 5.74) is 1.02. The average molecular weight is 232 g/mol. The first-order valence-corrected chi connectivity index (χ1v) is 6.24. The smallest absolute Gasteiger partial charge is 0.241 e. The maximum atomic E-state index is 12.1. The Morgan fingerprint density at radius 3 is 2.47 bits per heavy atom. The molecule has 2 rings (SSSR count). The van der Waals surface area contributed by atoms with E-state index in [1.165, 1.54) is 0 Å². The Morgan fingerprint density at radius 1 is 1.18 bits per heavy atom. The van der Waals surface area contributed by atoms with Crippen LogP contribution in [0.15, 0.2) is 30.3 Å². The van der Waals surface area contributed by atoms with Gasteiger partial charge in [0.1, 0.15) is 0 Å². The monoisotopic (exact) mass is 232 g/mol. The van der Waals surface area contributed by atoms with Gasteiger partial charge in [0.25, 0.3) is 0 Å². The molecule has 1 fully saturated rings. The highest BCUT2D eigenvalue weighted by Gasteiger charge is 2.24. The van der Waals surface area contributed by atoms with Crippen molar-refractivity contribution in [2.75, 3.05) is 31.1 Å². The van der Waals surface area contributed by atoms with Crippen LogP contribution >= 0.6 is 0 Å². The number of anilines is 1. The second-order valence-electron chi connectivity index (χ2n) is 5.01. The SMILES string of the molecule is CC(C)CN1CCN(c2ccccc2)C(=O)C1. The molecule has 1 aliphatic heterocycles. The Labute approximate surface area is 103 Å². The average Bonchev–Trinajstić information content (AvgIpc) is 2.29. The van der Waals surface area contributed by atoms with Gasteiger partial charge in [-0.3, -0.25) is 9.69 Å². The lowest BCUT2D eigenvalue weighted by Gasteiger charge is -2.35. The first-order chi connectivity index (χ1) is 8.16. The Hall–Kier alpha value is -1.35. The van der Waals surface area contributed by atoms with Crippen molar-refractivity contribution in [1.29, 1.82) is 0 Å². The van der Waals surface area contributed by atoms with Gasteiger partial charge in [0.15, 0.2) is 0 Å². The molecule has 1 aromatic rings. The number of hydrogen-bond acceptors (Lipinski definition) is 2. The van der Waals surface area contributed by atoms with Crippen molar-refractivity contribution >= 4 is 11.6 Å². The van der Waals surface area contributed by atoms with E-state index >= 15 is 0 Å². The van der Waals surface area contributed by atoms with Crippen molar-refractivity contribution in [3.05, 3.63) is 30.3 Å². The molecule has 0 bridgehead atoms. The zero-order valence-corrected chi connectivity index (χ0v) is 10.6. The fraction of sp³-hybridized carbons (Fsp3) is 0.500. The minimum atomic E-state index is 0.211. The van der Waals surface area contributed by atoms with Crippen molar-refractivity contribution in [3.63, 3.8) is 0 Å². The van der Waals surface area contributed by atoms with E-state index in [9.17, 15) is 4.79 Å². The number of nitrogens with zero attached hydrogens (tertiary/aromatic N) is 2. The molecule has 0 aromatic heterocycles. The van der Waals surface area contributed by atoms with Crippen LogP contribution in [0.2, 0.25) is 0 Å². The van der Waals surface area contributed by atoms with Gasteiger partial charge in [0, 0.05) is 25.3 Å². The van der Waals surface area contributed by atoms with E-state index in [-0.39, 0.29) is 5.91 Å². The molecule has 0 aliphatic carbocycles. The van der Waals surface area contributed by atoms with E-state index in [1.807, 2.05) is 35.2 Å². The quantitative estimate of drug-likeness (QED) is 0.795. The number of piperazine rings is 1. The first-order valence-electron chi connectivity index (χ1n) is 6.24. The molecular weight excluding hydrogens is 212 g/mol. The minimum Gasteiger partial charge on any atom is -0.310 e. The second-order valence-corrected chi connectivity index (χ2v) is 5.01. The largest absolute Gasteiger partial charge is 0.310 e. The van der Waals surface area contributed by atoms with Crippen molar-refractivity contribution in [2.24, 2.45) is 5.92 Å². The van der Waals surface area contributed by atoms with Gasteiger partial charge in [-0.15, -0.1) is 0 Å². The molecular formula is C14H20N2O. The fourth-order valence-corrected chi connectivity index (χ4v) is 2.28. The van der Waals surface area contributed by atoms with Crippen LogP contribution in [0.25, 0.3) is 0 Å². The normalized spacial score (nSPS) is 17.8. The third kappa shape index (κ3) is 3.07. The zero-order valence-electron chi connectivity index (χ0n) is 10.6. The van der Waals surface area contributed by atoms with Crippen LogP contribution in [-0.2, 0) is 4.79 Å². The Balaban J connectivity index is 1.99. The third-order valence-corrected chi connectivity index (χ3v) is 2.99. The van der Waals surface area contributed by atoms with Gasteiger partial charge in [0.05, 0.1) is 6.54 Å². The van der Waals surface area contributed by atoms with Gasteiger partial charge in [0.2, 0.25) is 5.91 Å².